The number of nitrogens with zero attached hydrogens (tertiary/aromatic N) is 2. The molecular weight excluding hydrogens is 473 g/mol. The number of thioether (sulfide) groups is 1. The zero-order valence-corrected chi connectivity index (χ0v) is 23.0. The van der Waals surface area contributed by atoms with E-state index >= 15 is 0 Å². The van der Waals surface area contributed by atoms with Crippen LogP contribution in [0, 0.1) is 0 Å². The number of carbonyl (C=O) groups excluding carboxylic acids is 1. The molecule has 8 nitrogen and oxygen atoms in total. The van der Waals surface area contributed by atoms with Crippen LogP contribution >= 0.6 is 19.4 Å². The highest BCUT2D eigenvalue weighted by molar-refractivity contribution is 7.99. The lowest BCUT2D eigenvalue weighted by Gasteiger charge is -2.35. The summed E-state index contributed by atoms with van der Waals surface area (Å²) in [6, 6.07) is 10.3. The molecule has 1 aromatic rings. The van der Waals surface area contributed by atoms with Crippen molar-refractivity contribution in [3.8, 4) is 0 Å². The fourth-order valence-corrected chi connectivity index (χ4v) is 5.74. The van der Waals surface area contributed by atoms with Gasteiger partial charge < -0.3 is 28.9 Å². The normalized spacial score (nSPS) is 16.9. The van der Waals surface area contributed by atoms with Gasteiger partial charge in [0, 0.05) is 63.6 Å². The van der Waals surface area contributed by atoms with E-state index in [-0.39, 0.29) is 12.1 Å². The van der Waals surface area contributed by atoms with Crippen molar-refractivity contribution in [2.75, 3.05) is 65.4 Å². The fraction of sp³-hybridized carbons (Fsp3) is 0.708. The number of hydrogen-bond acceptors (Lipinski definition) is 8. The molecule has 1 aliphatic rings. The number of benzene rings is 1. The van der Waals surface area contributed by atoms with Crippen LogP contribution < -0.4 is 5.32 Å². The second-order valence-electron chi connectivity index (χ2n) is 9.49. The van der Waals surface area contributed by atoms with Crippen LogP contribution in [0.1, 0.15) is 33.6 Å². The lowest BCUT2D eigenvalue weighted by molar-refractivity contribution is 0.0502. The van der Waals surface area contributed by atoms with Crippen molar-refractivity contribution >= 4 is 25.5 Å². The maximum absolute atomic E-state index is 12.4. The molecule has 0 radical (unpaired) electrons. The third-order valence-electron chi connectivity index (χ3n) is 5.64. The van der Waals surface area contributed by atoms with Crippen molar-refractivity contribution in [3.05, 3.63) is 30.3 Å². The summed E-state index contributed by atoms with van der Waals surface area (Å²) in [6.07, 6.45) is 1.74. The van der Waals surface area contributed by atoms with E-state index < -0.39 is 13.2 Å². The van der Waals surface area contributed by atoms with Crippen molar-refractivity contribution in [1.29, 1.82) is 0 Å². The number of nitrogens with one attached hydrogen (secondary N) is 1. The lowest BCUT2D eigenvalue weighted by Crippen LogP contribution is -2.48. The van der Waals surface area contributed by atoms with E-state index in [2.05, 4.69) is 27.2 Å². The monoisotopic (exact) mass is 515 g/mol. The van der Waals surface area contributed by atoms with Crippen LogP contribution in [-0.4, -0.2) is 92.9 Å². The van der Waals surface area contributed by atoms with Gasteiger partial charge in [-0.15, -0.1) is 11.8 Å². The molecule has 1 aromatic carbocycles. The summed E-state index contributed by atoms with van der Waals surface area (Å²) in [4.78, 5) is 18.4. The molecule has 1 saturated heterocycles. The maximum Gasteiger partial charge on any atom is 0.407 e. The van der Waals surface area contributed by atoms with Crippen LogP contribution in [0.4, 0.5) is 4.79 Å². The number of piperazine rings is 1. The molecule has 1 amide bonds. The SMILES string of the molecule is COP(=O)(CCCN1CCN(CC[C@H](CSc2ccccc2)NC(=O)OC(C)(C)C)CC1)OC. The Bertz CT molecular complexity index is 762. The molecule has 1 heterocycles. The molecular formula is C24H42N3O5PS. The second kappa shape index (κ2) is 14.5. The van der Waals surface area contributed by atoms with Crippen LogP contribution in [0.5, 0.6) is 0 Å². The summed E-state index contributed by atoms with van der Waals surface area (Å²) in [5, 5.41) is 3.08. The smallest absolute Gasteiger partial charge is 0.407 e. The third kappa shape index (κ3) is 11.6. The van der Waals surface area contributed by atoms with Gasteiger partial charge in [0.05, 0.1) is 6.16 Å². The minimum atomic E-state index is -2.92. The Hall–Kier alpha value is -1.09. The molecule has 2 rings (SSSR count). The highest BCUT2D eigenvalue weighted by Crippen LogP contribution is 2.46. The van der Waals surface area contributed by atoms with E-state index in [0.717, 1.165) is 57.9 Å². The van der Waals surface area contributed by atoms with E-state index in [0.29, 0.717) is 6.16 Å². The van der Waals surface area contributed by atoms with Crippen LogP contribution in [-0.2, 0) is 18.3 Å². The van der Waals surface area contributed by atoms with E-state index in [1.54, 1.807) is 11.8 Å². The van der Waals surface area contributed by atoms with Crippen LogP contribution in [0.25, 0.3) is 0 Å². The Balaban J connectivity index is 1.77. The average molecular weight is 516 g/mol. The first-order valence-corrected chi connectivity index (χ1v) is 14.7. The summed E-state index contributed by atoms with van der Waals surface area (Å²) >= 11 is 1.75. The van der Waals surface area contributed by atoms with Gasteiger partial charge in [-0.25, -0.2) is 4.79 Å². The zero-order chi connectivity index (χ0) is 25.0. The summed E-state index contributed by atoms with van der Waals surface area (Å²) < 4.78 is 27.7. The average Bonchev–Trinajstić information content (AvgIpc) is 2.81. The fourth-order valence-electron chi connectivity index (χ4n) is 3.70. The molecule has 194 valence electrons. The number of hydrogen-bond donors (Lipinski definition) is 1. The Morgan fingerprint density at radius 2 is 1.65 bits per heavy atom. The van der Waals surface area contributed by atoms with E-state index in [4.69, 9.17) is 13.8 Å². The van der Waals surface area contributed by atoms with Crippen molar-refractivity contribution < 1.29 is 23.1 Å². The number of ether oxygens (including phenoxy) is 1. The van der Waals surface area contributed by atoms with Crippen LogP contribution in [0.2, 0.25) is 0 Å². The molecule has 0 aliphatic carbocycles. The topological polar surface area (TPSA) is 80.3 Å². The number of rotatable bonds is 13. The molecule has 1 aliphatic heterocycles. The molecule has 1 N–H and O–H groups in total. The van der Waals surface area contributed by atoms with Gasteiger partial charge in [0.15, 0.2) is 0 Å². The first-order chi connectivity index (χ1) is 16.1. The highest BCUT2D eigenvalue weighted by Gasteiger charge is 2.24. The summed E-state index contributed by atoms with van der Waals surface area (Å²) in [6.45, 7) is 11.4. The van der Waals surface area contributed by atoms with E-state index in [1.165, 1.54) is 19.1 Å². The van der Waals surface area contributed by atoms with Gasteiger partial charge in [0.1, 0.15) is 5.60 Å². The summed E-state index contributed by atoms with van der Waals surface area (Å²) in [5.74, 6) is 0.794. The van der Waals surface area contributed by atoms with Crippen LogP contribution in [0.15, 0.2) is 35.2 Å². The molecule has 0 bridgehead atoms. The van der Waals surface area contributed by atoms with E-state index in [9.17, 15) is 9.36 Å². The second-order valence-corrected chi connectivity index (χ2v) is 13.0. The minimum absolute atomic E-state index is 0.0234. The van der Waals surface area contributed by atoms with Gasteiger partial charge in [0.2, 0.25) is 0 Å². The molecule has 0 unspecified atom stereocenters. The van der Waals surface area contributed by atoms with Gasteiger partial charge >= 0.3 is 13.7 Å². The highest BCUT2D eigenvalue weighted by atomic mass is 32.2. The van der Waals surface area contributed by atoms with Gasteiger partial charge in [0.25, 0.3) is 0 Å². The zero-order valence-electron chi connectivity index (χ0n) is 21.3. The standard InChI is InChI=1S/C24H42N3O5PS/c1-24(2,3)32-23(28)25-21(20-34-22-10-7-6-8-11-22)12-14-27-17-15-26(16-18-27)13-9-19-33(29,30-4)31-5/h6-8,10-11,21H,9,12-20H2,1-5H3,(H,25,28)/t21-/m1/s1. The predicted molar refractivity (Wildman–Crippen MR) is 139 cm³/mol. The molecule has 0 saturated carbocycles. The summed E-state index contributed by atoms with van der Waals surface area (Å²) in [7, 11) is -0.0470. The Kier molecular flexibility index (Phi) is 12.4. The number of alkyl carbamates (subject to hydrolysis) is 1. The lowest BCUT2D eigenvalue weighted by atomic mass is 10.2. The van der Waals surface area contributed by atoms with Gasteiger partial charge in [-0.2, -0.15) is 0 Å². The molecule has 34 heavy (non-hydrogen) atoms. The molecule has 10 heteroatoms. The number of carbonyl (C=O) groups is 1. The van der Waals surface area contributed by atoms with Gasteiger partial charge in [-0.05, 0) is 52.3 Å². The van der Waals surface area contributed by atoms with Crippen molar-refractivity contribution in [2.45, 2.75) is 50.2 Å². The first kappa shape index (κ1) is 29.1. The molecule has 1 atom stereocenters. The Morgan fingerprint density at radius 3 is 2.21 bits per heavy atom. The van der Waals surface area contributed by atoms with Gasteiger partial charge in [-0.3, -0.25) is 4.57 Å². The minimum Gasteiger partial charge on any atom is -0.444 e. The van der Waals surface area contributed by atoms with Crippen molar-refractivity contribution in [2.24, 2.45) is 0 Å². The van der Waals surface area contributed by atoms with Crippen molar-refractivity contribution in [1.82, 2.24) is 15.1 Å². The first-order valence-electron chi connectivity index (χ1n) is 11.9. The molecule has 1 fully saturated rings. The van der Waals surface area contributed by atoms with Gasteiger partial charge in [-0.1, -0.05) is 18.2 Å². The molecule has 0 aromatic heterocycles. The quantitative estimate of drug-likeness (QED) is 0.303. The number of amides is 1. The van der Waals surface area contributed by atoms with Crippen LogP contribution in [0.3, 0.4) is 0 Å². The summed E-state index contributed by atoms with van der Waals surface area (Å²) in [5.41, 5.74) is -0.516. The molecule has 0 spiro atoms. The third-order valence-corrected chi connectivity index (χ3v) is 8.79. The predicted octanol–water partition coefficient (Wildman–Crippen LogP) is 4.56. The van der Waals surface area contributed by atoms with Crippen molar-refractivity contribution in [3.63, 3.8) is 0 Å². The maximum atomic E-state index is 12.4. The largest absolute Gasteiger partial charge is 0.444 e. The van der Waals surface area contributed by atoms with E-state index in [1.807, 2.05) is 39.0 Å². The Morgan fingerprint density at radius 1 is 1.06 bits per heavy atom. The Labute approximate surface area is 209 Å².